The van der Waals surface area contributed by atoms with Crippen LogP contribution in [0.5, 0.6) is 0 Å². The molecular formula is C23H32N4O2S. The van der Waals surface area contributed by atoms with Crippen LogP contribution in [-0.2, 0) is 9.59 Å². The first kappa shape index (κ1) is 22.5. The van der Waals surface area contributed by atoms with E-state index in [1.165, 1.54) is 16.0 Å². The molecule has 0 bridgehead atoms. The molecule has 1 aliphatic rings. The average Bonchev–Trinajstić information content (AvgIpc) is 3.29. The van der Waals surface area contributed by atoms with Crippen molar-refractivity contribution in [1.29, 1.82) is 0 Å². The minimum absolute atomic E-state index is 0.00435. The molecule has 0 unspecified atom stereocenters. The van der Waals surface area contributed by atoms with Gasteiger partial charge >= 0.3 is 0 Å². The lowest BCUT2D eigenvalue weighted by atomic mass is 9.98. The maximum absolute atomic E-state index is 12.8. The summed E-state index contributed by atoms with van der Waals surface area (Å²) in [7, 11) is 1.65. The van der Waals surface area contributed by atoms with E-state index in [1.807, 2.05) is 11.0 Å². The molecule has 3 rings (SSSR count). The third-order valence-corrected chi connectivity index (χ3v) is 6.53. The van der Waals surface area contributed by atoms with Crippen molar-refractivity contribution in [3.63, 3.8) is 0 Å². The number of likely N-dealkylation sites (N-methyl/N-ethyl adjacent to an activating group) is 1. The Morgan fingerprint density at radius 1 is 1.03 bits per heavy atom. The highest BCUT2D eigenvalue weighted by Crippen LogP contribution is 2.27. The van der Waals surface area contributed by atoms with E-state index >= 15 is 0 Å². The summed E-state index contributed by atoms with van der Waals surface area (Å²) in [5.41, 5.74) is 2.49. The molecule has 1 saturated heterocycles. The fourth-order valence-corrected chi connectivity index (χ4v) is 4.48. The zero-order valence-corrected chi connectivity index (χ0v) is 18.9. The molecule has 2 N–H and O–H groups in total. The number of benzene rings is 1. The maximum Gasteiger partial charge on any atom is 0.236 e. The van der Waals surface area contributed by atoms with Crippen LogP contribution in [0.15, 0.2) is 41.8 Å². The quantitative estimate of drug-likeness (QED) is 0.678. The van der Waals surface area contributed by atoms with Gasteiger partial charge in [-0.3, -0.25) is 19.8 Å². The summed E-state index contributed by atoms with van der Waals surface area (Å²) in [6.45, 7) is 7.84. The van der Waals surface area contributed by atoms with Crippen LogP contribution in [0, 0.1) is 0 Å². The van der Waals surface area contributed by atoms with E-state index in [2.05, 4.69) is 65.1 Å². The Hall–Kier alpha value is -2.22. The SMILES string of the molecule is CNC(=O)CN1CCN(C(=O)CN[C@H](c2ccc(C(C)C)cc2)c2cccs2)CC1. The third kappa shape index (κ3) is 5.90. The number of hydrogen-bond donors (Lipinski definition) is 2. The van der Waals surface area contributed by atoms with Gasteiger partial charge in [0.15, 0.2) is 0 Å². The van der Waals surface area contributed by atoms with Crippen LogP contribution in [0.4, 0.5) is 0 Å². The highest BCUT2D eigenvalue weighted by atomic mass is 32.1. The lowest BCUT2D eigenvalue weighted by molar-refractivity contribution is -0.132. The number of thiophene rings is 1. The molecule has 2 aromatic rings. The van der Waals surface area contributed by atoms with Gasteiger partial charge in [0.2, 0.25) is 11.8 Å². The van der Waals surface area contributed by atoms with Gasteiger partial charge in [-0.2, -0.15) is 0 Å². The molecule has 162 valence electrons. The van der Waals surface area contributed by atoms with E-state index < -0.39 is 0 Å². The number of piperazine rings is 1. The van der Waals surface area contributed by atoms with Gasteiger partial charge in [-0.1, -0.05) is 44.2 Å². The predicted octanol–water partition coefficient (Wildman–Crippen LogP) is 2.44. The number of nitrogens with one attached hydrogen (secondary N) is 2. The van der Waals surface area contributed by atoms with Crippen molar-refractivity contribution in [1.82, 2.24) is 20.4 Å². The standard InChI is InChI=1S/C23H32N4O2S/c1-17(2)18-6-8-19(9-7-18)23(20-5-4-14-30-20)25-15-22(29)27-12-10-26(11-13-27)16-21(28)24-3/h4-9,14,17,23,25H,10-13,15-16H2,1-3H3,(H,24,28)/t23-/m1/s1. The van der Waals surface area contributed by atoms with Crippen LogP contribution in [0.25, 0.3) is 0 Å². The Bertz CT molecular complexity index is 812. The second-order valence-corrected chi connectivity index (χ2v) is 8.96. The zero-order chi connectivity index (χ0) is 21.5. The predicted molar refractivity (Wildman–Crippen MR) is 122 cm³/mol. The molecule has 1 fully saturated rings. The number of carbonyl (C=O) groups excluding carboxylic acids is 2. The van der Waals surface area contributed by atoms with Crippen molar-refractivity contribution in [2.75, 3.05) is 46.3 Å². The summed E-state index contributed by atoms with van der Waals surface area (Å²) in [4.78, 5) is 29.5. The van der Waals surface area contributed by atoms with Crippen molar-refractivity contribution in [3.05, 3.63) is 57.8 Å². The Balaban J connectivity index is 1.58. The summed E-state index contributed by atoms with van der Waals surface area (Å²) in [6, 6.07) is 12.8. The van der Waals surface area contributed by atoms with Crippen LogP contribution in [0.2, 0.25) is 0 Å². The van der Waals surface area contributed by atoms with Crippen molar-refractivity contribution < 1.29 is 9.59 Å². The molecule has 7 heteroatoms. The van der Waals surface area contributed by atoms with Crippen molar-refractivity contribution >= 4 is 23.2 Å². The fourth-order valence-electron chi connectivity index (χ4n) is 3.65. The molecule has 1 aliphatic heterocycles. The van der Waals surface area contributed by atoms with E-state index in [9.17, 15) is 9.59 Å². The van der Waals surface area contributed by atoms with Crippen LogP contribution in [-0.4, -0.2) is 67.9 Å². The summed E-state index contributed by atoms with van der Waals surface area (Å²) in [5.74, 6) is 0.615. The number of rotatable bonds is 8. The highest BCUT2D eigenvalue weighted by molar-refractivity contribution is 7.10. The van der Waals surface area contributed by atoms with Gasteiger partial charge in [0.1, 0.15) is 0 Å². The first-order valence-corrected chi connectivity index (χ1v) is 11.4. The third-order valence-electron chi connectivity index (χ3n) is 5.59. The van der Waals surface area contributed by atoms with E-state index in [0.717, 1.165) is 13.1 Å². The summed E-state index contributed by atoms with van der Waals surface area (Å²) in [5, 5.41) is 8.19. The van der Waals surface area contributed by atoms with E-state index in [0.29, 0.717) is 32.1 Å². The van der Waals surface area contributed by atoms with Crippen molar-refractivity contribution in [2.45, 2.75) is 25.8 Å². The minimum Gasteiger partial charge on any atom is -0.358 e. The number of amides is 2. The smallest absolute Gasteiger partial charge is 0.236 e. The fraction of sp³-hybridized carbons (Fsp3) is 0.478. The largest absolute Gasteiger partial charge is 0.358 e. The number of hydrogen-bond acceptors (Lipinski definition) is 5. The second-order valence-electron chi connectivity index (χ2n) is 7.98. The van der Waals surface area contributed by atoms with Gasteiger partial charge in [0.05, 0.1) is 19.1 Å². The molecule has 2 heterocycles. The highest BCUT2D eigenvalue weighted by Gasteiger charge is 2.23. The van der Waals surface area contributed by atoms with Crippen LogP contribution >= 0.6 is 11.3 Å². The van der Waals surface area contributed by atoms with Crippen molar-refractivity contribution in [3.8, 4) is 0 Å². The Morgan fingerprint density at radius 3 is 2.27 bits per heavy atom. The normalized spacial score (nSPS) is 15.9. The molecule has 0 aliphatic carbocycles. The number of nitrogens with zero attached hydrogens (tertiary/aromatic N) is 2. The first-order chi connectivity index (χ1) is 14.5. The van der Waals surface area contributed by atoms with E-state index in [4.69, 9.17) is 0 Å². The maximum atomic E-state index is 12.8. The van der Waals surface area contributed by atoms with Crippen molar-refractivity contribution in [2.24, 2.45) is 0 Å². The molecule has 0 radical (unpaired) electrons. The van der Waals surface area contributed by atoms with Gasteiger partial charge in [-0.15, -0.1) is 11.3 Å². The Labute approximate surface area is 183 Å². The molecule has 6 nitrogen and oxygen atoms in total. The lowest BCUT2D eigenvalue weighted by Crippen LogP contribution is -2.52. The molecule has 1 aromatic heterocycles. The Kier molecular flexibility index (Phi) is 8.01. The van der Waals surface area contributed by atoms with E-state index in [-0.39, 0.29) is 17.9 Å². The average molecular weight is 429 g/mol. The van der Waals surface area contributed by atoms with Gasteiger partial charge in [-0.25, -0.2) is 0 Å². The Morgan fingerprint density at radius 2 is 1.70 bits per heavy atom. The molecule has 0 saturated carbocycles. The van der Waals surface area contributed by atoms with E-state index in [1.54, 1.807) is 18.4 Å². The van der Waals surface area contributed by atoms with Gasteiger partial charge in [0, 0.05) is 38.1 Å². The molecule has 1 aromatic carbocycles. The summed E-state index contributed by atoms with van der Waals surface area (Å²) in [6.07, 6.45) is 0. The lowest BCUT2D eigenvalue weighted by Gasteiger charge is -2.34. The zero-order valence-electron chi connectivity index (χ0n) is 18.1. The molecule has 30 heavy (non-hydrogen) atoms. The monoisotopic (exact) mass is 428 g/mol. The summed E-state index contributed by atoms with van der Waals surface area (Å²) >= 11 is 1.70. The molecule has 2 amide bonds. The number of carbonyl (C=O) groups is 2. The minimum atomic E-state index is 0.00435. The molecular weight excluding hydrogens is 396 g/mol. The van der Waals surface area contributed by atoms with Crippen LogP contribution in [0.3, 0.4) is 0 Å². The van der Waals surface area contributed by atoms with Gasteiger partial charge < -0.3 is 10.2 Å². The topological polar surface area (TPSA) is 64.7 Å². The second kappa shape index (κ2) is 10.7. The van der Waals surface area contributed by atoms with Gasteiger partial charge in [-0.05, 0) is 28.5 Å². The van der Waals surface area contributed by atoms with Crippen LogP contribution < -0.4 is 10.6 Å². The first-order valence-electron chi connectivity index (χ1n) is 10.5. The molecule has 0 spiro atoms. The molecule has 1 atom stereocenters. The van der Waals surface area contributed by atoms with Crippen LogP contribution in [0.1, 0.15) is 41.8 Å². The summed E-state index contributed by atoms with van der Waals surface area (Å²) < 4.78 is 0. The van der Waals surface area contributed by atoms with Gasteiger partial charge in [0.25, 0.3) is 0 Å².